The molecule has 0 atom stereocenters. The lowest BCUT2D eigenvalue weighted by Crippen LogP contribution is -2.22. The first kappa shape index (κ1) is 18.2. The third kappa shape index (κ3) is 5.83. The molecule has 0 unspecified atom stereocenters. The number of pyridine rings is 1. The molecule has 0 fully saturated rings. The first-order valence-corrected chi connectivity index (χ1v) is 8.02. The number of carbonyl (C=O) groups excluding carboxylic acids is 1. The van der Waals surface area contributed by atoms with Crippen molar-refractivity contribution in [1.82, 2.24) is 4.98 Å². The minimum Gasteiger partial charge on any atom is -0.475 e. The number of para-hydroxylation sites is 1. The summed E-state index contributed by atoms with van der Waals surface area (Å²) in [5.74, 6) is 0.167. The molecule has 0 bridgehead atoms. The molecule has 0 spiro atoms. The fourth-order valence-corrected chi connectivity index (χ4v) is 2.03. The Hall–Kier alpha value is -2.11. The maximum Gasteiger partial charge on any atom is 0.257 e. The van der Waals surface area contributed by atoms with Gasteiger partial charge in [0.15, 0.2) is 0 Å². The van der Waals surface area contributed by atoms with Crippen molar-refractivity contribution in [3.8, 4) is 5.88 Å². The minimum absolute atomic E-state index is 0.197. The van der Waals surface area contributed by atoms with Crippen molar-refractivity contribution in [2.45, 2.75) is 26.4 Å². The number of benzene rings is 1. The Bertz CT molecular complexity index is 681. The molecular weight excluding hydrogens is 328 g/mol. The molecule has 5 nitrogen and oxygen atoms in total. The number of aromatic nitrogens is 1. The molecule has 0 radical (unpaired) electrons. The number of hydrogen-bond acceptors (Lipinski definition) is 4. The van der Waals surface area contributed by atoms with Gasteiger partial charge in [-0.05, 0) is 39.0 Å². The van der Waals surface area contributed by atoms with Crippen LogP contribution in [0.4, 0.5) is 5.69 Å². The number of nitrogens with one attached hydrogen (secondary N) is 1. The Balaban J connectivity index is 1.87. The average molecular weight is 349 g/mol. The first-order chi connectivity index (χ1) is 11.3. The predicted molar refractivity (Wildman–Crippen MR) is 94.8 cm³/mol. The van der Waals surface area contributed by atoms with Crippen LogP contribution in [-0.4, -0.2) is 29.7 Å². The highest BCUT2D eigenvalue weighted by Gasteiger charge is 2.11. The molecule has 1 heterocycles. The van der Waals surface area contributed by atoms with E-state index in [-0.39, 0.29) is 11.5 Å². The first-order valence-electron chi connectivity index (χ1n) is 7.64. The van der Waals surface area contributed by atoms with Crippen molar-refractivity contribution < 1.29 is 14.3 Å². The zero-order chi connectivity index (χ0) is 17.6. The van der Waals surface area contributed by atoms with Gasteiger partial charge in [0.05, 0.1) is 28.5 Å². The number of anilines is 1. The maximum absolute atomic E-state index is 12.2. The average Bonchev–Trinajstić information content (AvgIpc) is 2.53. The fourth-order valence-electron chi connectivity index (χ4n) is 1.85. The van der Waals surface area contributed by atoms with Crippen LogP contribution in [0.2, 0.25) is 5.02 Å². The molecule has 0 saturated heterocycles. The summed E-state index contributed by atoms with van der Waals surface area (Å²) in [6.07, 6.45) is 1.46. The molecule has 1 aromatic heterocycles. The van der Waals surface area contributed by atoms with Crippen molar-refractivity contribution >= 4 is 23.2 Å². The molecule has 0 saturated carbocycles. The highest BCUT2D eigenvalue weighted by Crippen LogP contribution is 2.21. The van der Waals surface area contributed by atoms with E-state index < -0.39 is 0 Å². The summed E-state index contributed by atoms with van der Waals surface area (Å²) in [7, 11) is 0. The van der Waals surface area contributed by atoms with Gasteiger partial charge in [0, 0.05) is 12.3 Å². The zero-order valence-corrected chi connectivity index (χ0v) is 14.8. The van der Waals surface area contributed by atoms with Crippen LogP contribution in [-0.2, 0) is 4.74 Å². The summed E-state index contributed by atoms with van der Waals surface area (Å²) in [4.78, 5) is 16.3. The quantitative estimate of drug-likeness (QED) is 0.795. The highest BCUT2D eigenvalue weighted by atomic mass is 35.5. The van der Waals surface area contributed by atoms with Crippen LogP contribution in [0, 0.1) is 0 Å². The standard InChI is InChI=1S/C18H21ClN2O3/c1-18(2,3)24-11-10-23-16-9-8-13(12-20-16)17(22)21-15-7-5-4-6-14(15)19/h4-9,12H,10-11H2,1-3H3,(H,21,22). The molecule has 1 aromatic carbocycles. The van der Waals surface area contributed by atoms with Gasteiger partial charge in [0.25, 0.3) is 5.91 Å². The Kier molecular flexibility index (Phi) is 6.17. The molecule has 1 amide bonds. The summed E-state index contributed by atoms with van der Waals surface area (Å²) in [5, 5.41) is 3.23. The van der Waals surface area contributed by atoms with Gasteiger partial charge in [0.1, 0.15) is 6.61 Å². The molecule has 0 aliphatic carbocycles. The predicted octanol–water partition coefficient (Wildman–Crippen LogP) is 4.18. The third-order valence-corrected chi connectivity index (χ3v) is 3.32. The molecule has 128 valence electrons. The van der Waals surface area contributed by atoms with E-state index in [1.165, 1.54) is 6.20 Å². The number of amides is 1. The Morgan fingerprint density at radius 3 is 2.54 bits per heavy atom. The zero-order valence-electron chi connectivity index (χ0n) is 14.0. The summed E-state index contributed by atoms with van der Waals surface area (Å²) in [6.45, 7) is 6.82. The SMILES string of the molecule is CC(C)(C)OCCOc1ccc(C(=O)Nc2ccccc2Cl)cn1. The molecule has 0 aliphatic heterocycles. The van der Waals surface area contributed by atoms with Crippen molar-refractivity contribution in [2.75, 3.05) is 18.5 Å². The smallest absolute Gasteiger partial charge is 0.257 e. The van der Waals surface area contributed by atoms with Crippen LogP contribution in [0.25, 0.3) is 0 Å². The van der Waals surface area contributed by atoms with Gasteiger partial charge in [-0.3, -0.25) is 4.79 Å². The van der Waals surface area contributed by atoms with Gasteiger partial charge in [-0.15, -0.1) is 0 Å². The topological polar surface area (TPSA) is 60.5 Å². The summed E-state index contributed by atoms with van der Waals surface area (Å²) < 4.78 is 11.0. The van der Waals surface area contributed by atoms with Crippen molar-refractivity contribution in [2.24, 2.45) is 0 Å². The number of nitrogens with zero attached hydrogens (tertiary/aromatic N) is 1. The van der Waals surface area contributed by atoms with Crippen LogP contribution in [0.5, 0.6) is 5.88 Å². The van der Waals surface area contributed by atoms with E-state index in [0.29, 0.717) is 35.4 Å². The largest absolute Gasteiger partial charge is 0.475 e. The van der Waals surface area contributed by atoms with Crippen molar-refractivity contribution in [3.63, 3.8) is 0 Å². The molecular formula is C18H21ClN2O3. The lowest BCUT2D eigenvalue weighted by atomic mass is 10.2. The number of rotatable bonds is 6. The molecule has 6 heteroatoms. The normalized spacial score (nSPS) is 11.2. The molecule has 0 aliphatic rings. The molecule has 2 rings (SSSR count). The van der Waals surface area contributed by atoms with E-state index in [0.717, 1.165) is 0 Å². The van der Waals surface area contributed by atoms with Gasteiger partial charge in [-0.25, -0.2) is 4.98 Å². The maximum atomic E-state index is 12.2. The second-order valence-electron chi connectivity index (χ2n) is 6.13. The molecule has 24 heavy (non-hydrogen) atoms. The number of halogens is 1. The van der Waals surface area contributed by atoms with Gasteiger partial charge in [-0.1, -0.05) is 23.7 Å². The van der Waals surface area contributed by atoms with Gasteiger partial charge < -0.3 is 14.8 Å². The van der Waals surface area contributed by atoms with Crippen LogP contribution >= 0.6 is 11.6 Å². The Morgan fingerprint density at radius 2 is 1.92 bits per heavy atom. The van der Waals surface area contributed by atoms with Crippen LogP contribution in [0.15, 0.2) is 42.6 Å². The van der Waals surface area contributed by atoms with E-state index in [1.807, 2.05) is 20.8 Å². The monoisotopic (exact) mass is 348 g/mol. The third-order valence-electron chi connectivity index (χ3n) is 2.99. The van der Waals surface area contributed by atoms with Gasteiger partial charge in [-0.2, -0.15) is 0 Å². The number of hydrogen-bond donors (Lipinski definition) is 1. The van der Waals surface area contributed by atoms with Crippen molar-refractivity contribution in [1.29, 1.82) is 0 Å². The number of ether oxygens (including phenoxy) is 2. The van der Waals surface area contributed by atoms with Crippen molar-refractivity contribution in [3.05, 3.63) is 53.2 Å². The van der Waals surface area contributed by atoms with Gasteiger partial charge >= 0.3 is 0 Å². The van der Waals surface area contributed by atoms with Crippen LogP contribution in [0.1, 0.15) is 31.1 Å². The lowest BCUT2D eigenvalue weighted by Gasteiger charge is -2.19. The van der Waals surface area contributed by atoms with E-state index >= 15 is 0 Å². The number of carbonyl (C=O) groups is 1. The summed E-state index contributed by atoms with van der Waals surface area (Å²) in [5.41, 5.74) is 0.786. The van der Waals surface area contributed by atoms with Gasteiger partial charge in [0.2, 0.25) is 5.88 Å². The van der Waals surface area contributed by atoms with Crippen LogP contribution < -0.4 is 10.1 Å². The van der Waals surface area contributed by atoms with E-state index in [2.05, 4.69) is 10.3 Å². The van der Waals surface area contributed by atoms with Crippen LogP contribution in [0.3, 0.4) is 0 Å². The second-order valence-corrected chi connectivity index (χ2v) is 6.54. The molecule has 2 aromatic rings. The van der Waals surface area contributed by atoms with E-state index in [4.69, 9.17) is 21.1 Å². The Morgan fingerprint density at radius 1 is 1.17 bits per heavy atom. The molecule has 1 N–H and O–H groups in total. The van der Waals surface area contributed by atoms with E-state index in [9.17, 15) is 4.79 Å². The summed E-state index contributed by atoms with van der Waals surface area (Å²) in [6, 6.07) is 10.4. The fraction of sp³-hybridized carbons (Fsp3) is 0.333. The lowest BCUT2D eigenvalue weighted by molar-refractivity contribution is -0.0168. The summed E-state index contributed by atoms with van der Waals surface area (Å²) >= 11 is 6.02. The highest BCUT2D eigenvalue weighted by molar-refractivity contribution is 6.33. The minimum atomic E-state index is -0.279. The van der Waals surface area contributed by atoms with E-state index in [1.54, 1.807) is 36.4 Å². The second kappa shape index (κ2) is 8.13. The Labute approximate surface area is 147 Å².